The van der Waals surface area contributed by atoms with Crippen LogP contribution in [0.2, 0.25) is 4.34 Å². The Kier molecular flexibility index (Phi) is 5.78. The molecule has 0 saturated carbocycles. The molecule has 2 aromatic rings. The molecule has 1 aromatic carbocycles. The van der Waals surface area contributed by atoms with Gasteiger partial charge in [-0.15, -0.1) is 17.9 Å². The molecule has 0 fully saturated rings. The number of hydrogen-bond donors (Lipinski definition) is 2. The van der Waals surface area contributed by atoms with E-state index in [1.807, 2.05) is 12.1 Å². The predicted octanol–water partition coefficient (Wildman–Crippen LogP) is 3.72. The second-order valence-electron chi connectivity index (χ2n) is 4.75. The summed E-state index contributed by atoms with van der Waals surface area (Å²) < 4.78 is 0.688. The lowest BCUT2D eigenvalue weighted by Gasteiger charge is -2.20. The van der Waals surface area contributed by atoms with Gasteiger partial charge in [0.05, 0.1) is 10.9 Å². The number of amides is 3. The first-order chi connectivity index (χ1) is 11.0. The Hall–Kier alpha value is -2.31. The Bertz CT molecular complexity index is 712. The largest absolute Gasteiger partial charge is 0.351 e. The number of nitrogens with one attached hydrogen (secondary N) is 1. The van der Waals surface area contributed by atoms with Crippen molar-refractivity contribution in [2.24, 2.45) is 5.73 Å². The second kappa shape index (κ2) is 7.80. The van der Waals surface area contributed by atoms with E-state index < -0.39 is 6.03 Å². The molecule has 0 bridgehead atoms. The van der Waals surface area contributed by atoms with E-state index >= 15 is 0 Å². The van der Waals surface area contributed by atoms with Gasteiger partial charge in [-0.3, -0.25) is 4.79 Å². The normalized spacial score (nSPS) is 10.1. The molecular formula is C16H16ClN3O2S. The quantitative estimate of drug-likeness (QED) is 0.780. The average Bonchev–Trinajstić information content (AvgIpc) is 2.91. The van der Waals surface area contributed by atoms with Crippen LogP contribution in [0.4, 0.5) is 10.5 Å². The van der Waals surface area contributed by atoms with E-state index in [0.29, 0.717) is 28.7 Å². The number of nitrogens with two attached hydrogens (primary N) is 1. The van der Waals surface area contributed by atoms with Crippen molar-refractivity contribution in [3.8, 4) is 0 Å². The summed E-state index contributed by atoms with van der Waals surface area (Å²) in [6.07, 6.45) is 1.68. The van der Waals surface area contributed by atoms with E-state index in [1.165, 1.54) is 11.3 Å². The summed E-state index contributed by atoms with van der Waals surface area (Å²) in [6, 6.07) is 9.61. The SMILES string of the molecule is C=CCN(Cc1ccc(Cl)s1)C(=O)c1ccc(NC(N)=O)cc1. The molecule has 2 rings (SSSR count). The fourth-order valence-electron chi connectivity index (χ4n) is 2.02. The molecule has 3 amide bonds. The van der Waals surface area contributed by atoms with Crippen LogP contribution in [0.1, 0.15) is 15.2 Å². The standard InChI is InChI=1S/C16H16ClN3O2S/c1-2-9-20(10-13-7-8-14(17)23-13)15(21)11-3-5-12(6-4-11)19-16(18)22/h2-8H,1,9-10H2,(H3,18,19,22). The highest BCUT2D eigenvalue weighted by Gasteiger charge is 2.16. The van der Waals surface area contributed by atoms with Gasteiger partial charge in [0.25, 0.3) is 5.91 Å². The van der Waals surface area contributed by atoms with Crippen molar-refractivity contribution in [2.45, 2.75) is 6.54 Å². The number of rotatable bonds is 6. The van der Waals surface area contributed by atoms with E-state index in [0.717, 1.165) is 4.88 Å². The molecule has 0 aliphatic carbocycles. The Morgan fingerprint density at radius 1 is 1.26 bits per heavy atom. The maximum absolute atomic E-state index is 12.6. The number of carbonyl (C=O) groups excluding carboxylic acids is 2. The molecule has 23 heavy (non-hydrogen) atoms. The summed E-state index contributed by atoms with van der Waals surface area (Å²) in [6.45, 7) is 4.58. The number of urea groups is 1. The summed E-state index contributed by atoms with van der Waals surface area (Å²) in [5, 5.41) is 2.45. The first-order valence-electron chi connectivity index (χ1n) is 6.80. The molecule has 7 heteroatoms. The first-order valence-corrected chi connectivity index (χ1v) is 8.00. The Balaban J connectivity index is 2.13. The third-order valence-electron chi connectivity index (χ3n) is 3.01. The number of nitrogens with zero attached hydrogens (tertiary/aromatic N) is 1. The third-order valence-corrected chi connectivity index (χ3v) is 4.23. The number of carbonyl (C=O) groups is 2. The van der Waals surface area contributed by atoms with Gasteiger partial charge in [-0.1, -0.05) is 17.7 Å². The van der Waals surface area contributed by atoms with E-state index in [-0.39, 0.29) is 5.91 Å². The van der Waals surface area contributed by atoms with E-state index in [9.17, 15) is 9.59 Å². The summed E-state index contributed by atoms with van der Waals surface area (Å²) in [7, 11) is 0. The Morgan fingerprint density at radius 2 is 1.96 bits per heavy atom. The van der Waals surface area contributed by atoms with Crippen LogP contribution in [0, 0.1) is 0 Å². The maximum Gasteiger partial charge on any atom is 0.316 e. The van der Waals surface area contributed by atoms with Crippen LogP contribution in [0.15, 0.2) is 49.1 Å². The third kappa shape index (κ3) is 4.84. The van der Waals surface area contributed by atoms with Gasteiger partial charge in [0.2, 0.25) is 0 Å². The summed E-state index contributed by atoms with van der Waals surface area (Å²) >= 11 is 7.37. The number of anilines is 1. The highest BCUT2D eigenvalue weighted by molar-refractivity contribution is 7.16. The second-order valence-corrected chi connectivity index (χ2v) is 6.55. The molecule has 1 aromatic heterocycles. The molecule has 0 saturated heterocycles. The lowest BCUT2D eigenvalue weighted by atomic mass is 10.1. The maximum atomic E-state index is 12.6. The smallest absolute Gasteiger partial charge is 0.316 e. The van der Waals surface area contributed by atoms with E-state index in [1.54, 1.807) is 35.2 Å². The van der Waals surface area contributed by atoms with Gasteiger partial charge in [-0.2, -0.15) is 0 Å². The number of benzene rings is 1. The summed E-state index contributed by atoms with van der Waals surface area (Å²) in [5.74, 6) is -0.125. The van der Waals surface area contributed by atoms with E-state index in [4.69, 9.17) is 17.3 Å². The highest BCUT2D eigenvalue weighted by atomic mass is 35.5. The fraction of sp³-hybridized carbons (Fsp3) is 0.125. The minimum atomic E-state index is -0.646. The minimum absolute atomic E-state index is 0.125. The van der Waals surface area contributed by atoms with Gasteiger partial charge in [0.1, 0.15) is 0 Å². The van der Waals surface area contributed by atoms with Gasteiger partial charge >= 0.3 is 6.03 Å². The molecule has 1 heterocycles. The number of primary amides is 1. The van der Waals surface area contributed by atoms with Crippen molar-refractivity contribution in [3.63, 3.8) is 0 Å². The zero-order valence-corrected chi connectivity index (χ0v) is 13.9. The van der Waals surface area contributed by atoms with Crippen LogP contribution in [0.25, 0.3) is 0 Å². The van der Waals surface area contributed by atoms with Crippen molar-refractivity contribution < 1.29 is 9.59 Å². The summed E-state index contributed by atoms with van der Waals surface area (Å²) in [4.78, 5) is 26.1. The zero-order valence-electron chi connectivity index (χ0n) is 12.3. The lowest BCUT2D eigenvalue weighted by Crippen LogP contribution is -2.30. The minimum Gasteiger partial charge on any atom is -0.351 e. The van der Waals surface area contributed by atoms with Gasteiger partial charge in [-0.25, -0.2) is 4.79 Å². The lowest BCUT2D eigenvalue weighted by molar-refractivity contribution is 0.0764. The van der Waals surface area contributed by atoms with Gasteiger partial charge in [-0.05, 0) is 36.4 Å². The van der Waals surface area contributed by atoms with Gasteiger partial charge in [0, 0.05) is 22.7 Å². The van der Waals surface area contributed by atoms with Crippen molar-refractivity contribution in [1.29, 1.82) is 0 Å². The topological polar surface area (TPSA) is 75.4 Å². The van der Waals surface area contributed by atoms with Crippen molar-refractivity contribution >= 4 is 40.6 Å². The molecular weight excluding hydrogens is 334 g/mol. The van der Waals surface area contributed by atoms with Crippen LogP contribution in [-0.2, 0) is 6.54 Å². The van der Waals surface area contributed by atoms with Crippen LogP contribution < -0.4 is 11.1 Å². The number of thiophene rings is 1. The van der Waals surface area contributed by atoms with E-state index in [2.05, 4.69) is 11.9 Å². The van der Waals surface area contributed by atoms with Crippen molar-refractivity contribution in [1.82, 2.24) is 4.90 Å². The number of hydrogen-bond acceptors (Lipinski definition) is 3. The van der Waals surface area contributed by atoms with Crippen LogP contribution in [-0.4, -0.2) is 23.4 Å². The van der Waals surface area contributed by atoms with Crippen LogP contribution in [0.3, 0.4) is 0 Å². The molecule has 0 atom stereocenters. The first kappa shape index (κ1) is 17.1. The fourth-order valence-corrected chi connectivity index (χ4v) is 3.12. The molecule has 5 nitrogen and oxygen atoms in total. The molecule has 0 aliphatic rings. The number of halogens is 1. The molecule has 0 radical (unpaired) electrons. The van der Waals surface area contributed by atoms with Crippen LogP contribution in [0.5, 0.6) is 0 Å². The average molecular weight is 350 g/mol. The molecule has 3 N–H and O–H groups in total. The van der Waals surface area contributed by atoms with Crippen molar-refractivity contribution in [2.75, 3.05) is 11.9 Å². The summed E-state index contributed by atoms with van der Waals surface area (Å²) in [5.41, 5.74) is 6.11. The highest BCUT2D eigenvalue weighted by Crippen LogP contribution is 2.23. The molecule has 0 spiro atoms. The monoisotopic (exact) mass is 349 g/mol. The molecule has 0 unspecified atom stereocenters. The predicted molar refractivity (Wildman–Crippen MR) is 93.9 cm³/mol. The Labute approximate surface area is 143 Å². The Morgan fingerprint density at radius 3 is 2.48 bits per heavy atom. The van der Waals surface area contributed by atoms with Gasteiger partial charge < -0.3 is 16.0 Å². The van der Waals surface area contributed by atoms with Crippen LogP contribution >= 0.6 is 22.9 Å². The molecule has 0 aliphatic heterocycles. The van der Waals surface area contributed by atoms with Crippen molar-refractivity contribution in [3.05, 3.63) is 63.8 Å². The van der Waals surface area contributed by atoms with Gasteiger partial charge in [0.15, 0.2) is 0 Å². The molecule has 120 valence electrons. The zero-order chi connectivity index (χ0) is 16.8.